The van der Waals surface area contributed by atoms with Crippen LogP contribution in [0.25, 0.3) is 0 Å². The number of rotatable bonds is 4. The van der Waals surface area contributed by atoms with Crippen LogP contribution in [0.1, 0.15) is 24.8 Å². The molecule has 2 aromatic carbocycles. The summed E-state index contributed by atoms with van der Waals surface area (Å²) in [6, 6.07) is 17.2. The molecule has 5 heteroatoms. The summed E-state index contributed by atoms with van der Waals surface area (Å²) in [6.45, 7) is 2.18. The zero-order valence-electron chi connectivity index (χ0n) is 14.3. The Balaban J connectivity index is 1.81. The van der Waals surface area contributed by atoms with Crippen molar-refractivity contribution in [1.29, 1.82) is 0 Å². The molecule has 130 valence electrons. The van der Waals surface area contributed by atoms with Gasteiger partial charge < -0.3 is 14.4 Å². The third-order valence-corrected chi connectivity index (χ3v) is 4.39. The average molecular weight is 339 g/mol. The van der Waals surface area contributed by atoms with Crippen molar-refractivity contribution in [3.05, 3.63) is 60.2 Å². The number of hydrogen-bond donors (Lipinski definition) is 0. The molecule has 1 aliphatic heterocycles. The summed E-state index contributed by atoms with van der Waals surface area (Å²) < 4.78 is 10.5. The largest absolute Gasteiger partial charge is 0.475 e. The number of carbonyl (C=O) groups excluding carboxylic acids is 2. The maximum absolute atomic E-state index is 12.9. The van der Waals surface area contributed by atoms with Gasteiger partial charge in [0.15, 0.2) is 0 Å². The van der Waals surface area contributed by atoms with Crippen molar-refractivity contribution in [2.24, 2.45) is 0 Å². The van der Waals surface area contributed by atoms with Gasteiger partial charge in [-0.2, -0.15) is 0 Å². The van der Waals surface area contributed by atoms with Crippen LogP contribution in [0.5, 0.6) is 5.75 Å². The van der Waals surface area contributed by atoms with Crippen LogP contribution in [-0.2, 0) is 14.3 Å². The van der Waals surface area contributed by atoms with E-state index in [1.807, 2.05) is 55.5 Å². The average Bonchev–Trinajstić information content (AvgIpc) is 2.67. The molecule has 1 amide bonds. The number of nitrogens with zero attached hydrogens (tertiary/aromatic N) is 1. The SMILES string of the molecule is COC(=O)[C@H]1CN(C(=O)C[C@@H](C)c2ccccc2)c2ccccc2O1. The highest BCUT2D eigenvalue weighted by atomic mass is 16.6. The van der Waals surface area contributed by atoms with E-state index >= 15 is 0 Å². The van der Waals surface area contributed by atoms with Crippen LogP contribution in [0.15, 0.2) is 54.6 Å². The van der Waals surface area contributed by atoms with Crippen LogP contribution < -0.4 is 9.64 Å². The van der Waals surface area contributed by atoms with E-state index in [-0.39, 0.29) is 18.4 Å². The van der Waals surface area contributed by atoms with Gasteiger partial charge in [0.2, 0.25) is 12.0 Å². The smallest absolute Gasteiger partial charge is 0.348 e. The summed E-state index contributed by atoms with van der Waals surface area (Å²) in [5.41, 5.74) is 1.80. The zero-order valence-corrected chi connectivity index (χ0v) is 14.3. The number of methoxy groups -OCH3 is 1. The van der Waals surface area contributed by atoms with Gasteiger partial charge >= 0.3 is 5.97 Å². The molecule has 0 fully saturated rings. The lowest BCUT2D eigenvalue weighted by atomic mass is 9.97. The van der Waals surface area contributed by atoms with Crippen molar-refractivity contribution in [3.8, 4) is 5.75 Å². The molecule has 0 aliphatic carbocycles. The fourth-order valence-electron chi connectivity index (χ4n) is 3.00. The molecule has 0 radical (unpaired) electrons. The van der Waals surface area contributed by atoms with Crippen LogP contribution in [0.4, 0.5) is 5.69 Å². The number of amides is 1. The molecule has 5 nitrogen and oxygen atoms in total. The first-order valence-corrected chi connectivity index (χ1v) is 8.29. The number of para-hydroxylation sites is 2. The van der Waals surface area contributed by atoms with E-state index in [1.54, 1.807) is 11.0 Å². The van der Waals surface area contributed by atoms with Crippen LogP contribution >= 0.6 is 0 Å². The van der Waals surface area contributed by atoms with Crippen molar-refractivity contribution in [2.45, 2.75) is 25.4 Å². The summed E-state index contributed by atoms with van der Waals surface area (Å²) in [4.78, 5) is 26.4. The molecular weight excluding hydrogens is 318 g/mol. The van der Waals surface area contributed by atoms with Crippen molar-refractivity contribution in [2.75, 3.05) is 18.6 Å². The van der Waals surface area contributed by atoms with Gasteiger partial charge in [-0.1, -0.05) is 49.4 Å². The molecule has 1 aliphatic rings. The third-order valence-electron chi connectivity index (χ3n) is 4.39. The minimum absolute atomic E-state index is 0.0407. The second-order valence-corrected chi connectivity index (χ2v) is 6.12. The van der Waals surface area contributed by atoms with Crippen LogP contribution in [0, 0.1) is 0 Å². The lowest BCUT2D eigenvalue weighted by Gasteiger charge is -2.34. The van der Waals surface area contributed by atoms with Gasteiger partial charge in [0.1, 0.15) is 5.75 Å². The summed E-state index contributed by atoms with van der Waals surface area (Å²) in [7, 11) is 1.32. The predicted molar refractivity (Wildman–Crippen MR) is 94.7 cm³/mol. The fourth-order valence-corrected chi connectivity index (χ4v) is 3.00. The molecule has 2 aromatic rings. The number of anilines is 1. The number of carbonyl (C=O) groups is 2. The number of hydrogen-bond acceptors (Lipinski definition) is 4. The topological polar surface area (TPSA) is 55.8 Å². The van der Waals surface area contributed by atoms with E-state index in [1.165, 1.54) is 7.11 Å². The monoisotopic (exact) mass is 339 g/mol. The zero-order chi connectivity index (χ0) is 17.8. The Morgan fingerprint density at radius 1 is 1.16 bits per heavy atom. The Morgan fingerprint density at radius 3 is 2.56 bits per heavy atom. The Hall–Kier alpha value is -2.82. The maximum Gasteiger partial charge on any atom is 0.348 e. The van der Waals surface area contributed by atoms with Gasteiger partial charge in [0.05, 0.1) is 19.3 Å². The molecule has 0 saturated carbocycles. The first-order valence-electron chi connectivity index (χ1n) is 8.29. The highest BCUT2D eigenvalue weighted by Crippen LogP contribution is 2.34. The van der Waals surface area contributed by atoms with Crippen LogP contribution in [-0.4, -0.2) is 31.6 Å². The Morgan fingerprint density at radius 2 is 1.84 bits per heavy atom. The lowest BCUT2D eigenvalue weighted by molar-refractivity contribution is -0.148. The molecular formula is C20H21NO4. The number of benzene rings is 2. The number of esters is 1. The maximum atomic E-state index is 12.9. The highest BCUT2D eigenvalue weighted by molar-refractivity contribution is 5.97. The number of fused-ring (bicyclic) bond motifs is 1. The minimum atomic E-state index is -0.809. The molecule has 0 N–H and O–H groups in total. The van der Waals surface area contributed by atoms with Gasteiger partial charge in [-0.15, -0.1) is 0 Å². The van der Waals surface area contributed by atoms with Crippen molar-refractivity contribution in [1.82, 2.24) is 0 Å². The Kier molecular flexibility index (Phi) is 5.03. The van der Waals surface area contributed by atoms with Gasteiger partial charge in [0, 0.05) is 6.42 Å². The van der Waals surface area contributed by atoms with Crippen molar-refractivity contribution < 1.29 is 19.1 Å². The van der Waals surface area contributed by atoms with E-state index in [4.69, 9.17) is 9.47 Å². The standard InChI is InChI=1S/C20H21NO4/c1-14(15-8-4-3-5-9-15)12-19(22)21-13-18(20(23)24-2)25-17-11-7-6-10-16(17)21/h3-11,14,18H,12-13H2,1-2H3/t14-,18-/m1/s1. The van der Waals surface area contributed by atoms with Gasteiger partial charge in [-0.3, -0.25) is 4.79 Å². The second kappa shape index (κ2) is 7.38. The molecule has 0 bridgehead atoms. The normalized spacial score (nSPS) is 17.2. The van der Waals surface area contributed by atoms with Gasteiger partial charge in [-0.25, -0.2) is 4.79 Å². The molecule has 2 atom stereocenters. The van der Waals surface area contributed by atoms with Gasteiger partial charge in [-0.05, 0) is 23.6 Å². The van der Waals surface area contributed by atoms with E-state index < -0.39 is 12.1 Å². The summed E-state index contributed by atoms with van der Waals surface area (Å²) in [5, 5.41) is 0. The minimum Gasteiger partial charge on any atom is -0.475 e. The van der Waals surface area contributed by atoms with E-state index in [2.05, 4.69) is 0 Å². The van der Waals surface area contributed by atoms with Crippen molar-refractivity contribution in [3.63, 3.8) is 0 Å². The Bertz CT molecular complexity index is 759. The first kappa shape index (κ1) is 17.0. The molecule has 25 heavy (non-hydrogen) atoms. The molecule has 1 heterocycles. The molecule has 0 saturated heterocycles. The lowest BCUT2D eigenvalue weighted by Crippen LogP contribution is -2.47. The van der Waals surface area contributed by atoms with Gasteiger partial charge in [0.25, 0.3) is 0 Å². The van der Waals surface area contributed by atoms with Crippen molar-refractivity contribution >= 4 is 17.6 Å². The quantitative estimate of drug-likeness (QED) is 0.803. The fraction of sp³-hybridized carbons (Fsp3) is 0.300. The van der Waals surface area contributed by atoms with E-state index in [0.717, 1.165) is 5.56 Å². The summed E-state index contributed by atoms with van der Waals surface area (Å²) in [6.07, 6.45) is -0.456. The van der Waals surface area contributed by atoms with E-state index in [0.29, 0.717) is 17.9 Å². The number of ether oxygens (including phenoxy) is 2. The van der Waals surface area contributed by atoms with Crippen LogP contribution in [0.2, 0.25) is 0 Å². The van der Waals surface area contributed by atoms with E-state index in [9.17, 15) is 9.59 Å². The molecule has 3 rings (SSSR count). The summed E-state index contributed by atoms with van der Waals surface area (Å²) in [5.74, 6) is 0.0783. The molecule has 0 aromatic heterocycles. The Labute approximate surface area is 147 Å². The third kappa shape index (κ3) is 3.65. The predicted octanol–water partition coefficient (Wildman–Crippen LogP) is 3.15. The van der Waals surface area contributed by atoms with Crippen LogP contribution in [0.3, 0.4) is 0 Å². The molecule has 0 spiro atoms. The second-order valence-electron chi connectivity index (χ2n) is 6.12. The summed E-state index contributed by atoms with van der Waals surface area (Å²) >= 11 is 0. The molecule has 0 unspecified atom stereocenters. The highest BCUT2D eigenvalue weighted by Gasteiger charge is 2.34. The first-order chi connectivity index (χ1) is 12.1.